The van der Waals surface area contributed by atoms with Crippen molar-refractivity contribution in [2.24, 2.45) is 11.7 Å². The molecule has 1 saturated carbocycles. The Hall–Kier alpha value is -0.940. The summed E-state index contributed by atoms with van der Waals surface area (Å²) in [4.78, 5) is 4.45. The van der Waals surface area contributed by atoms with Gasteiger partial charge in [-0.3, -0.25) is 0 Å². The van der Waals surface area contributed by atoms with Gasteiger partial charge in [0, 0.05) is 6.61 Å². The number of hydrogen-bond acceptors (Lipinski definition) is 5. The summed E-state index contributed by atoms with van der Waals surface area (Å²) >= 11 is 0. The molecule has 1 aromatic heterocycles. The molecular weight excluding hydrogens is 242 g/mol. The van der Waals surface area contributed by atoms with E-state index in [0.29, 0.717) is 24.2 Å². The summed E-state index contributed by atoms with van der Waals surface area (Å²) in [5.74, 6) is 1.71. The molecule has 0 radical (unpaired) electrons. The second kappa shape index (κ2) is 7.01. The lowest BCUT2D eigenvalue weighted by atomic mass is 9.85. The molecule has 0 aliphatic heterocycles. The van der Waals surface area contributed by atoms with Crippen LogP contribution in [0.15, 0.2) is 4.52 Å². The van der Waals surface area contributed by atoms with Crippen LogP contribution in [0, 0.1) is 5.92 Å². The quantitative estimate of drug-likeness (QED) is 0.857. The third-order valence-corrected chi connectivity index (χ3v) is 3.89. The molecule has 0 amide bonds. The first kappa shape index (κ1) is 14.5. The van der Waals surface area contributed by atoms with Crippen LogP contribution in [0.1, 0.15) is 76.2 Å². The highest BCUT2D eigenvalue weighted by Gasteiger charge is 2.30. The van der Waals surface area contributed by atoms with Crippen LogP contribution < -0.4 is 5.73 Å². The molecule has 1 aromatic rings. The third kappa shape index (κ3) is 3.54. The molecule has 1 heterocycles. The average Bonchev–Trinajstić information content (AvgIpc) is 2.94. The van der Waals surface area contributed by atoms with Gasteiger partial charge in [0.25, 0.3) is 0 Å². The fourth-order valence-corrected chi connectivity index (χ4v) is 2.73. The molecule has 5 nitrogen and oxygen atoms in total. The van der Waals surface area contributed by atoms with Gasteiger partial charge in [-0.05, 0) is 32.1 Å². The summed E-state index contributed by atoms with van der Waals surface area (Å²) in [5, 5.41) is 4.09. The number of aromatic nitrogens is 2. The fourth-order valence-electron chi connectivity index (χ4n) is 2.73. The van der Waals surface area contributed by atoms with Crippen molar-refractivity contribution in [1.29, 1.82) is 0 Å². The Kier molecular flexibility index (Phi) is 5.34. The minimum atomic E-state index is -0.171. The van der Waals surface area contributed by atoms with Crippen molar-refractivity contribution in [1.82, 2.24) is 10.1 Å². The van der Waals surface area contributed by atoms with Crippen LogP contribution in [0.2, 0.25) is 0 Å². The van der Waals surface area contributed by atoms with Gasteiger partial charge in [-0.25, -0.2) is 0 Å². The summed E-state index contributed by atoms with van der Waals surface area (Å²) < 4.78 is 11.1. The van der Waals surface area contributed by atoms with Gasteiger partial charge >= 0.3 is 0 Å². The minimum Gasteiger partial charge on any atom is -0.370 e. The van der Waals surface area contributed by atoms with E-state index in [1.54, 1.807) is 0 Å². The van der Waals surface area contributed by atoms with Crippen LogP contribution in [-0.4, -0.2) is 16.7 Å². The van der Waals surface area contributed by atoms with Gasteiger partial charge in [0.1, 0.15) is 6.10 Å². The lowest BCUT2D eigenvalue weighted by Gasteiger charge is -2.27. The summed E-state index contributed by atoms with van der Waals surface area (Å²) in [5.41, 5.74) is 5.92. The van der Waals surface area contributed by atoms with Gasteiger partial charge in [-0.15, -0.1) is 0 Å². The largest absolute Gasteiger partial charge is 0.370 e. The highest BCUT2D eigenvalue weighted by Crippen LogP contribution is 2.36. The van der Waals surface area contributed by atoms with E-state index in [1.807, 2.05) is 13.8 Å². The Morgan fingerprint density at radius 3 is 2.68 bits per heavy atom. The van der Waals surface area contributed by atoms with Crippen LogP contribution in [0.25, 0.3) is 0 Å². The molecule has 19 heavy (non-hydrogen) atoms. The zero-order chi connectivity index (χ0) is 13.7. The molecule has 1 aliphatic carbocycles. The van der Waals surface area contributed by atoms with Crippen LogP contribution in [0.3, 0.4) is 0 Å². The highest BCUT2D eigenvalue weighted by molar-refractivity contribution is 4.97. The van der Waals surface area contributed by atoms with Gasteiger partial charge in [0.05, 0.1) is 6.04 Å². The standard InChI is InChI=1S/C14H25N3O2/c1-3-11(15)14-16-13(17-19-14)12(18-4-2)10-8-6-5-7-9-10/h10-12H,3-9,15H2,1-2H3/t11-,12?/m1/s1. The molecule has 1 aliphatic rings. The topological polar surface area (TPSA) is 74.2 Å². The smallest absolute Gasteiger partial charge is 0.243 e. The van der Waals surface area contributed by atoms with Crippen molar-refractivity contribution in [3.8, 4) is 0 Å². The minimum absolute atomic E-state index is 0.0353. The van der Waals surface area contributed by atoms with E-state index in [4.69, 9.17) is 15.0 Å². The van der Waals surface area contributed by atoms with Crippen LogP contribution in [0.5, 0.6) is 0 Å². The van der Waals surface area contributed by atoms with Crippen LogP contribution in [0.4, 0.5) is 0 Å². The lowest BCUT2D eigenvalue weighted by Crippen LogP contribution is -2.20. The first-order valence-electron chi connectivity index (χ1n) is 7.46. The van der Waals surface area contributed by atoms with E-state index >= 15 is 0 Å². The molecule has 1 fully saturated rings. The van der Waals surface area contributed by atoms with Gasteiger partial charge < -0.3 is 15.0 Å². The second-order valence-electron chi connectivity index (χ2n) is 5.28. The molecule has 108 valence electrons. The maximum absolute atomic E-state index is 5.92. The summed E-state index contributed by atoms with van der Waals surface area (Å²) in [6.45, 7) is 4.69. The number of ether oxygens (including phenoxy) is 1. The van der Waals surface area contributed by atoms with Crippen LogP contribution in [-0.2, 0) is 4.74 Å². The SMILES string of the molecule is CCOC(c1noc([C@H](N)CC)n1)C1CCCCC1. The maximum atomic E-state index is 5.92. The van der Waals surface area contributed by atoms with Crippen molar-refractivity contribution >= 4 is 0 Å². The molecule has 0 aromatic carbocycles. The Morgan fingerprint density at radius 1 is 1.32 bits per heavy atom. The van der Waals surface area contributed by atoms with Crippen molar-refractivity contribution in [2.45, 2.75) is 64.5 Å². The average molecular weight is 267 g/mol. The molecule has 0 bridgehead atoms. The lowest BCUT2D eigenvalue weighted by molar-refractivity contribution is -0.00145. The highest BCUT2D eigenvalue weighted by atomic mass is 16.5. The predicted octanol–water partition coefficient (Wildman–Crippen LogP) is 3.14. The number of hydrogen-bond donors (Lipinski definition) is 1. The number of nitrogens with two attached hydrogens (primary N) is 1. The van der Waals surface area contributed by atoms with Crippen molar-refractivity contribution in [2.75, 3.05) is 6.61 Å². The molecule has 2 N–H and O–H groups in total. The number of nitrogens with zero attached hydrogens (tertiary/aromatic N) is 2. The van der Waals surface area contributed by atoms with Crippen molar-refractivity contribution in [3.05, 3.63) is 11.7 Å². The zero-order valence-electron chi connectivity index (χ0n) is 12.0. The van der Waals surface area contributed by atoms with Crippen molar-refractivity contribution in [3.63, 3.8) is 0 Å². The van der Waals surface area contributed by atoms with E-state index in [1.165, 1.54) is 32.1 Å². The molecule has 1 unspecified atom stereocenters. The molecular formula is C14H25N3O2. The summed E-state index contributed by atoms with van der Waals surface area (Å²) in [6, 6.07) is -0.171. The van der Waals surface area contributed by atoms with E-state index in [2.05, 4.69) is 10.1 Å². The van der Waals surface area contributed by atoms with E-state index < -0.39 is 0 Å². The molecule has 2 rings (SSSR count). The fraction of sp³-hybridized carbons (Fsp3) is 0.857. The Morgan fingerprint density at radius 2 is 2.05 bits per heavy atom. The van der Waals surface area contributed by atoms with E-state index in [0.717, 1.165) is 6.42 Å². The van der Waals surface area contributed by atoms with Gasteiger partial charge in [-0.2, -0.15) is 4.98 Å². The Labute approximate surface area is 114 Å². The van der Waals surface area contributed by atoms with Gasteiger partial charge in [0.15, 0.2) is 0 Å². The van der Waals surface area contributed by atoms with Crippen molar-refractivity contribution < 1.29 is 9.26 Å². The van der Waals surface area contributed by atoms with Gasteiger partial charge in [0.2, 0.25) is 11.7 Å². The Bertz CT molecular complexity index is 375. The monoisotopic (exact) mass is 267 g/mol. The van der Waals surface area contributed by atoms with E-state index in [-0.39, 0.29) is 12.1 Å². The molecule has 0 spiro atoms. The zero-order valence-corrected chi connectivity index (χ0v) is 12.0. The first-order chi connectivity index (χ1) is 9.26. The molecule has 0 saturated heterocycles. The first-order valence-corrected chi connectivity index (χ1v) is 7.46. The third-order valence-electron chi connectivity index (χ3n) is 3.89. The summed E-state index contributed by atoms with van der Waals surface area (Å²) in [7, 11) is 0. The predicted molar refractivity (Wildman–Crippen MR) is 72.5 cm³/mol. The summed E-state index contributed by atoms with van der Waals surface area (Å²) in [6.07, 6.45) is 7.01. The second-order valence-corrected chi connectivity index (χ2v) is 5.28. The maximum Gasteiger partial charge on any atom is 0.243 e. The molecule has 5 heteroatoms. The van der Waals surface area contributed by atoms with E-state index in [9.17, 15) is 0 Å². The normalized spacial score (nSPS) is 20.4. The molecule has 2 atom stereocenters. The number of rotatable bonds is 6. The van der Waals surface area contributed by atoms with Gasteiger partial charge in [-0.1, -0.05) is 31.3 Å². The van der Waals surface area contributed by atoms with Crippen LogP contribution >= 0.6 is 0 Å². The Balaban J connectivity index is 2.11.